The van der Waals surface area contributed by atoms with Crippen LogP contribution in [0.2, 0.25) is 0 Å². The third-order valence-electron chi connectivity index (χ3n) is 10.00. The highest BCUT2D eigenvalue weighted by atomic mass is 31.2. The molecule has 0 spiro atoms. The quantitative estimate of drug-likeness (QED) is 0.0275. The van der Waals surface area contributed by atoms with Gasteiger partial charge in [0.25, 0.3) is 0 Å². The summed E-state index contributed by atoms with van der Waals surface area (Å²) >= 11 is 0. The molecule has 3 unspecified atom stereocenters. The Labute approximate surface area is 316 Å². The van der Waals surface area contributed by atoms with Crippen molar-refractivity contribution in [2.45, 2.75) is 239 Å². The molecule has 51 heavy (non-hydrogen) atoms. The predicted molar refractivity (Wildman–Crippen MR) is 215 cm³/mol. The van der Waals surface area contributed by atoms with Crippen LogP contribution in [0.3, 0.4) is 0 Å². The molecule has 8 nitrogen and oxygen atoms in total. The van der Waals surface area contributed by atoms with Crippen molar-refractivity contribution in [1.29, 1.82) is 0 Å². The Hall–Kier alpha value is -0.500. The molecule has 0 aromatic rings. The van der Waals surface area contributed by atoms with E-state index in [4.69, 9.17) is 24.3 Å². The molecule has 0 bridgehead atoms. The lowest BCUT2D eigenvalue weighted by Gasteiger charge is -2.27. The second kappa shape index (κ2) is 37.8. The highest BCUT2D eigenvalue weighted by molar-refractivity contribution is 7.47. The molecule has 0 saturated carbocycles. The molecule has 0 aliphatic rings. The van der Waals surface area contributed by atoms with Crippen molar-refractivity contribution in [3.63, 3.8) is 0 Å². The van der Waals surface area contributed by atoms with Gasteiger partial charge in [-0.1, -0.05) is 201 Å². The molecule has 0 heterocycles. The van der Waals surface area contributed by atoms with E-state index in [9.17, 15) is 14.3 Å². The summed E-state index contributed by atoms with van der Waals surface area (Å²) in [7, 11) is -4.49. The number of ether oxygens (including phenoxy) is 2. The van der Waals surface area contributed by atoms with Gasteiger partial charge in [-0.05, 0) is 26.2 Å². The van der Waals surface area contributed by atoms with Crippen molar-refractivity contribution in [2.24, 2.45) is 11.7 Å². The molecule has 0 amide bonds. The molecule has 0 aliphatic heterocycles. The van der Waals surface area contributed by atoms with E-state index in [0.29, 0.717) is 6.61 Å². The molecular formula is C42H86NO7P. The fourth-order valence-electron chi connectivity index (χ4n) is 6.64. The summed E-state index contributed by atoms with van der Waals surface area (Å²) in [6.45, 7) is 8.80. The average Bonchev–Trinajstić information content (AvgIpc) is 3.11. The lowest BCUT2D eigenvalue weighted by molar-refractivity contribution is -0.192. The van der Waals surface area contributed by atoms with E-state index in [1.807, 2.05) is 0 Å². The van der Waals surface area contributed by atoms with Gasteiger partial charge in [0.05, 0.1) is 12.5 Å². The summed E-state index contributed by atoms with van der Waals surface area (Å²) in [4.78, 5) is 23.8. The van der Waals surface area contributed by atoms with E-state index >= 15 is 0 Å². The molecule has 0 saturated heterocycles. The number of hydrogen-bond donors (Lipinski definition) is 2. The minimum atomic E-state index is -4.49. The standard InChI is InChI=1S/C42H86NO7P/c1-5-8-11-13-15-17-19-21-22-24-26-28-30-33-37-47-39(4)42(50-51(45,46)48-38-36-43)49-41(44)40(34-31-10-7-3)35-32-29-27-25-23-20-18-16-14-12-9-6-2/h39-40,42H,5-38,43H2,1-4H3,(H,45,46)/t39-,40?,42?/m0/s1. The first-order valence-electron chi connectivity index (χ1n) is 22.0. The van der Waals surface area contributed by atoms with Crippen LogP contribution in [0.25, 0.3) is 0 Å². The SMILES string of the molecule is CCCCCCCCCCCCCCCCO[C@@H](C)C(OC(=O)C(CCCCC)CCCCCCCCCCCCCC)OP(=O)(O)OCCN. The van der Waals surface area contributed by atoms with Crippen molar-refractivity contribution >= 4 is 13.8 Å². The molecule has 9 heteroatoms. The van der Waals surface area contributed by atoms with Crippen molar-refractivity contribution in [3.05, 3.63) is 0 Å². The zero-order valence-electron chi connectivity index (χ0n) is 34.2. The van der Waals surface area contributed by atoms with Crippen LogP contribution >= 0.6 is 7.82 Å². The van der Waals surface area contributed by atoms with Gasteiger partial charge in [0.15, 0.2) is 0 Å². The molecule has 0 aromatic carbocycles. The molecule has 0 aromatic heterocycles. The number of unbranched alkanes of at least 4 members (excludes halogenated alkanes) is 26. The van der Waals surface area contributed by atoms with Gasteiger partial charge < -0.3 is 20.1 Å². The first-order valence-corrected chi connectivity index (χ1v) is 23.5. The maximum atomic E-state index is 13.5. The third-order valence-corrected chi connectivity index (χ3v) is 11.0. The number of nitrogens with two attached hydrogens (primary N) is 1. The summed E-state index contributed by atoms with van der Waals surface area (Å²) in [6.07, 6.45) is 35.6. The van der Waals surface area contributed by atoms with Crippen molar-refractivity contribution in [3.8, 4) is 0 Å². The van der Waals surface area contributed by atoms with Gasteiger partial charge >= 0.3 is 13.8 Å². The lowest BCUT2D eigenvalue weighted by Crippen LogP contribution is -2.36. The Morgan fingerprint density at radius 1 is 0.569 bits per heavy atom. The van der Waals surface area contributed by atoms with Crippen LogP contribution in [0.5, 0.6) is 0 Å². The number of phosphoric acid groups is 1. The van der Waals surface area contributed by atoms with Gasteiger partial charge in [0, 0.05) is 13.2 Å². The van der Waals surface area contributed by atoms with Crippen molar-refractivity contribution < 1.29 is 32.8 Å². The molecule has 4 atom stereocenters. The number of phosphoric ester groups is 1. The Balaban J connectivity index is 4.68. The van der Waals surface area contributed by atoms with E-state index in [2.05, 4.69) is 20.8 Å². The molecule has 0 fully saturated rings. The van der Waals surface area contributed by atoms with Gasteiger partial charge in [-0.15, -0.1) is 0 Å². The second-order valence-corrected chi connectivity index (χ2v) is 16.4. The van der Waals surface area contributed by atoms with Crippen LogP contribution in [0.15, 0.2) is 0 Å². The second-order valence-electron chi connectivity index (χ2n) is 15.0. The van der Waals surface area contributed by atoms with Gasteiger partial charge in [-0.2, -0.15) is 0 Å². The van der Waals surface area contributed by atoms with E-state index in [-0.39, 0.29) is 25.0 Å². The number of esters is 1. The molecule has 0 radical (unpaired) electrons. The Kier molecular flexibility index (Phi) is 37.4. The van der Waals surface area contributed by atoms with Crippen molar-refractivity contribution in [2.75, 3.05) is 19.8 Å². The van der Waals surface area contributed by atoms with Crippen LogP contribution in [0.1, 0.15) is 227 Å². The van der Waals surface area contributed by atoms with Crippen LogP contribution in [0.4, 0.5) is 0 Å². The molecule has 0 aliphatic carbocycles. The summed E-state index contributed by atoms with van der Waals surface area (Å²) in [5, 5.41) is 0. The molecule has 0 rings (SSSR count). The van der Waals surface area contributed by atoms with E-state index in [0.717, 1.165) is 57.8 Å². The zero-order chi connectivity index (χ0) is 37.7. The van der Waals surface area contributed by atoms with Crippen LogP contribution < -0.4 is 5.73 Å². The number of rotatable bonds is 41. The summed E-state index contributed by atoms with van der Waals surface area (Å²) in [6, 6.07) is 0. The first kappa shape index (κ1) is 50.5. The lowest BCUT2D eigenvalue weighted by atomic mass is 9.94. The normalized spacial score (nSPS) is 14.7. The van der Waals surface area contributed by atoms with Crippen molar-refractivity contribution in [1.82, 2.24) is 0 Å². The Morgan fingerprint density at radius 2 is 0.922 bits per heavy atom. The fraction of sp³-hybridized carbons (Fsp3) is 0.976. The predicted octanol–water partition coefficient (Wildman–Crippen LogP) is 13.1. The monoisotopic (exact) mass is 748 g/mol. The summed E-state index contributed by atoms with van der Waals surface area (Å²) in [5.74, 6) is -0.656. The largest absolute Gasteiger partial charge is 0.475 e. The fourth-order valence-corrected chi connectivity index (χ4v) is 7.51. The minimum absolute atomic E-state index is 0.0715. The maximum absolute atomic E-state index is 13.5. The highest BCUT2D eigenvalue weighted by Crippen LogP contribution is 2.45. The topological polar surface area (TPSA) is 117 Å². The third kappa shape index (κ3) is 33.8. The number of carbonyl (C=O) groups excluding carboxylic acids is 1. The van der Waals surface area contributed by atoms with Crippen LogP contribution in [-0.4, -0.2) is 43.0 Å². The van der Waals surface area contributed by atoms with E-state index in [1.54, 1.807) is 6.92 Å². The first-order chi connectivity index (χ1) is 24.8. The number of carbonyl (C=O) groups is 1. The maximum Gasteiger partial charge on any atom is 0.475 e. The average molecular weight is 748 g/mol. The zero-order valence-corrected chi connectivity index (χ0v) is 35.1. The number of hydrogen-bond acceptors (Lipinski definition) is 7. The summed E-state index contributed by atoms with van der Waals surface area (Å²) in [5.41, 5.74) is 5.47. The van der Waals surface area contributed by atoms with Gasteiger partial charge in [-0.25, -0.2) is 9.09 Å². The molecular weight excluding hydrogens is 661 g/mol. The van der Waals surface area contributed by atoms with E-state index < -0.39 is 20.2 Å². The molecule has 306 valence electrons. The van der Waals surface area contributed by atoms with E-state index in [1.165, 1.54) is 141 Å². The van der Waals surface area contributed by atoms with Crippen LogP contribution in [-0.2, 0) is 27.9 Å². The molecule has 3 N–H and O–H groups in total. The van der Waals surface area contributed by atoms with Gasteiger partial charge in [0.2, 0.25) is 6.29 Å². The smallest absolute Gasteiger partial charge is 0.432 e. The van der Waals surface area contributed by atoms with Gasteiger partial charge in [0.1, 0.15) is 6.10 Å². The Morgan fingerprint density at radius 3 is 1.33 bits per heavy atom. The minimum Gasteiger partial charge on any atom is -0.432 e. The highest BCUT2D eigenvalue weighted by Gasteiger charge is 2.35. The Bertz CT molecular complexity index is 786. The van der Waals surface area contributed by atoms with Crippen LogP contribution in [0, 0.1) is 5.92 Å². The summed E-state index contributed by atoms with van der Waals surface area (Å²) < 4.78 is 34.9. The van der Waals surface area contributed by atoms with Gasteiger partial charge in [-0.3, -0.25) is 9.32 Å².